The monoisotopic (exact) mass is 341 g/mol. The minimum Gasteiger partial charge on any atom is -0.481 e. The van der Waals surface area contributed by atoms with Gasteiger partial charge in [0.2, 0.25) is 5.88 Å². The first-order valence-electron chi connectivity index (χ1n) is 7.95. The van der Waals surface area contributed by atoms with Crippen LogP contribution < -0.4 is 4.74 Å². The van der Waals surface area contributed by atoms with E-state index in [1.165, 1.54) is 19.9 Å². The summed E-state index contributed by atoms with van der Waals surface area (Å²) in [5.74, 6) is -2.48. The summed E-state index contributed by atoms with van der Waals surface area (Å²) in [5.41, 5.74) is 0.861. The number of aliphatic imine (C=N–C) groups is 1. The summed E-state index contributed by atoms with van der Waals surface area (Å²) in [7, 11) is 1.56. The van der Waals surface area contributed by atoms with Crippen LogP contribution in [0.5, 0.6) is 5.88 Å². The average Bonchev–Trinajstić information content (AvgIpc) is 3.02. The van der Waals surface area contributed by atoms with E-state index in [9.17, 15) is 8.78 Å². The van der Waals surface area contributed by atoms with Crippen molar-refractivity contribution in [2.75, 3.05) is 7.11 Å². The number of fused-ring (bicyclic) bond motifs is 2. The number of methoxy groups -OCH3 is 1. The molecule has 1 aliphatic heterocycles. The quantitative estimate of drug-likeness (QED) is 0.705. The lowest BCUT2D eigenvalue weighted by molar-refractivity contribution is -0.0681. The van der Waals surface area contributed by atoms with Gasteiger partial charge >= 0.3 is 0 Å². The third-order valence-electron chi connectivity index (χ3n) is 4.65. The number of hydrogen-bond acceptors (Lipinski definition) is 3. The van der Waals surface area contributed by atoms with E-state index in [-0.39, 0.29) is 5.56 Å². The average molecular weight is 341 g/mol. The third kappa shape index (κ3) is 2.10. The Labute approximate surface area is 143 Å². The van der Waals surface area contributed by atoms with E-state index >= 15 is 0 Å². The van der Waals surface area contributed by atoms with Crippen LogP contribution in [0.15, 0.2) is 53.7 Å². The van der Waals surface area contributed by atoms with Gasteiger partial charge in [-0.25, -0.2) is 4.52 Å². The van der Waals surface area contributed by atoms with Gasteiger partial charge in [0.1, 0.15) is 5.54 Å². The Hall–Kier alpha value is -2.76. The maximum Gasteiger partial charge on any atom is 0.297 e. The first-order chi connectivity index (χ1) is 11.9. The SMILES string of the molecule is COc1cccc2c(C3=NC(C)(C)C(F)(F)c4ccccc43)cnn12. The smallest absolute Gasteiger partial charge is 0.297 e. The Bertz CT molecular complexity index is 1000. The molecular weight excluding hydrogens is 324 g/mol. The molecule has 2 aromatic heterocycles. The molecule has 0 amide bonds. The maximum absolute atomic E-state index is 14.9. The second-order valence-electron chi connectivity index (χ2n) is 6.56. The van der Waals surface area contributed by atoms with Gasteiger partial charge in [0, 0.05) is 22.8 Å². The van der Waals surface area contributed by atoms with Gasteiger partial charge in [-0.2, -0.15) is 13.9 Å². The maximum atomic E-state index is 14.9. The fourth-order valence-electron chi connectivity index (χ4n) is 3.23. The van der Waals surface area contributed by atoms with Gasteiger partial charge < -0.3 is 4.74 Å². The second kappa shape index (κ2) is 5.12. The van der Waals surface area contributed by atoms with Gasteiger partial charge in [-0.1, -0.05) is 30.3 Å². The Morgan fingerprint density at radius 1 is 1.00 bits per heavy atom. The molecule has 0 aliphatic carbocycles. The van der Waals surface area contributed by atoms with Crippen LogP contribution in [0.2, 0.25) is 0 Å². The molecule has 4 rings (SSSR count). The number of pyridine rings is 1. The van der Waals surface area contributed by atoms with Crippen LogP contribution >= 0.6 is 0 Å². The zero-order chi connectivity index (χ0) is 17.8. The van der Waals surface area contributed by atoms with E-state index in [0.717, 1.165) is 5.52 Å². The van der Waals surface area contributed by atoms with Crippen LogP contribution in [0.3, 0.4) is 0 Å². The molecular formula is C19H17F2N3O. The summed E-state index contributed by atoms with van der Waals surface area (Å²) in [4.78, 5) is 4.43. The van der Waals surface area contributed by atoms with E-state index in [2.05, 4.69) is 10.1 Å². The molecule has 3 aromatic rings. The Morgan fingerprint density at radius 3 is 2.52 bits per heavy atom. The number of hydrogen-bond donors (Lipinski definition) is 0. The van der Waals surface area contributed by atoms with Crippen LogP contribution in [0.25, 0.3) is 5.52 Å². The normalized spacial score (nSPS) is 17.9. The molecule has 0 unspecified atom stereocenters. The molecule has 0 saturated heterocycles. The lowest BCUT2D eigenvalue weighted by Crippen LogP contribution is -2.44. The summed E-state index contributed by atoms with van der Waals surface area (Å²) in [6.45, 7) is 2.91. The fraction of sp³-hybridized carbons (Fsp3) is 0.263. The fourth-order valence-corrected chi connectivity index (χ4v) is 3.23. The first kappa shape index (κ1) is 15.7. The van der Waals surface area contributed by atoms with Crippen LogP contribution in [-0.4, -0.2) is 28.0 Å². The van der Waals surface area contributed by atoms with Gasteiger partial charge in [0.15, 0.2) is 0 Å². The number of rotatable bonds is 2. The largest absolute Gasteiger partial charge is 0.481 e. The third-order valence-corrected chi connectivity index (χ3v) is 4.65. The van der Waals surface area contributed by atoms with Gasteiger partial charge in [-0.15, -0.1) is 0 Å². The Kier molecular flexibility index (Phi) is 3.22. The molecule has 128 valence electrons. The minimum absolute atomic E-state index is 0.00718. The minimum atomic E-state index is -3.05. The lowest BCUT2D eigenvalue weighted by atomic mass is 9.82. The summed E-state index contributed by atoms with van der Waals surface area (Å²) < 4.78 is 36.7. The molecule has 0 spiro atoms. The number of nitrogens with zero attached hydrogens (tertiary/aromatic N) is 3. The zero-order valence-corrected chi connectivity index (χ0v) is 14.1. The Morgan fingerprint density at radius 2 is 1.76 bits per heavy atom. The van der Waals surface area contributed by atoms with Gasteiger partial charge in [0.25, 0.3) is 5.92 Å². The highest BCUT2D eigenvalue weighted by Gasteiger charge is 2.52. The van der Waals surface area contributed by atoms with E-state index in [0.29, 0.717) is 22.7 Å². The van der Waals surface area contributed by atoms with Gasteiger partial charge in [-0.05, 0) is 19.9 Å². The number of ether oxygens (including phenoxy) is 1. The number of benzene rings is 1. The van der Waals surface area contributed by atoms with Gasteiger partial charge in [-0.3, -0.25) is 4.99 Å². The molecule has 4 nitrogen and oxygen atoms in total. The van der Waals surface area contributed by atoms with Crippen molar-refractivity contribution < 1.29 is 13.5 Å². The summed E-state index contributed by atoms with van der Waals surface area (Å²) in [5, 5.41) is 4.35. The summed E-state index contributed by atoms with van der Waals surface area (Å²) >= 11 is 0. The highest BCUT2D eigenvalue weighted by molar-refractivity contribution is 6.18. The standard InChI is InChI=1S/C19H17F2N3O/c1-18(2)19(20,21)14-8-5-4-7-12(14)17(23-18)13-11-22-24-15(13)9-6-10-16(24)25-3/h4-11H,1-3H3. The van der Waals surface area contributed by atoms with Crippen LogP contribution in [0, 0.1) is 0 Å². The van der Waals surface area contributed by atoms with Gasteiger partial charge in [0.05, 0.1) is 24.5 Å². The van der Waals surface area contributed by atoms with Crippen molar-refractivity contribution in [1.29, 1.82) is 0 Å². The lowest BCUT2D eigenvalue weighted by Gasteiger charge is -2.37. The predicted octanol–water partition coefficient (Wildman–Crippen LogP) is 4.06. The molecule has 0 saturated carbocycles. The molecule has 25 heavy (non-hydrogen) atoms. The Balaban J connectivity index is 2.02. The number of halogens is 2. The van der Waals surface area contributed by atoms with Crippen molar-refractivity contribution >= 4 is 11.2 Å². The topological polar surface area (TPSA) is 38.9 Å². The summed E-state index contributed by atoms with van der Waals surface area (Å²) in [6.07, 6.45) is 1.65. The molecule has 6 heteroatoms. The van der Waals surface area contributed by atoms with Crippen LogP contribution in [0.1, 0.15) is 30.5 Å². The number of aromatic nitrogens is 2. The van der Waals surface area contributed by atoms with E-state index in [1.54, 1.807) is 42.1 Å². The van der Waals surface area contributed by atoms with E-state index in [1.807, 2.05) is 12.1 Å². The molecule has 1 aromatic carbocycles. The predicted molar refractivity (Wildman–Crippen MR) is 91.8 cm³/mol. The van der Waals surface area contributed by atoms with Crippen LogP contribution in [-0.2, 0) is 5.92 Å². The van der Waals surface area contributed by atoms with Crippen LogP contribution in [0.4, 0.5) is 8.78 Å². The highest BCUT2D eigenvalue weighted by Crippen LogP contribution is 2.46. The molecule has 0 radical (unpaired) electrons. The van der Waals surface area contributed by atoms with Crippen molar-refractivity contribution in [3.05, 3.63) is 65.4 Å². The number of alkyl halides is 2. The van der Waals surface area contributed by atoms with E-state index in [4.69, 9.17) is 4.74 Å². The van der Waals surface area contributed by atoms with Crippen molar-refractivity contribution in [3.8, 4) is 5.88 Å². The second-order valence-corrected chi connectivity index (χ2v) is 6.56. The first-order valence-corrected chi connectivity index (χ1v) is 7.95. The highest BCUT2D eigenvalue weighted by atomic mass is 19.3. The van der Waals surface area contributed by atoms with Crippen molar-refractivity contribution in [3.63, 3.8) is 0 Å². The molecule has 0 bridgehead atoms. The molecule has 0 N–H and O–H groups in total. The zero-order valence-electron chi connectivity index (χ0n) is 14.1. The molecule has 0 fully saturated rings. The van der Waals surface area contributed by atoms with Crippen molar-refractivity contribution in [2.45, 2.75) is 25.3 Å². The van der Waals surface area contributed by atoms with Crippen molar-refractivity contribution in [1.82, 2.24) is 9.61 Å². The van der Waals surface area contributed by atoms with E-state index < -0.39 is 11.5 Å². The molecule has 0 atom stereocenters. The molecule has 1 aliphatic rings. The molecule has 3 heterocycles. The summed E-state index contributed by atoms with van der Waals surface area (Å²) in [6, 6.07) is 12.0. The van der Waals surface area contributed by atoms with Crippen molar-refractivity contribution in [2.24, 2.45) is 4.99 Å².